The van der Waals surface area contributed by atoms with Gasteiger partial charge in [-0.25, -0.2) is 4.79 Å². The second-order valence-corrected chi connectivity index (χ2v) is 8.25. The summed E-state index contributed by atoms with van der Waals surface area (Å²) in [6, 6.07) is 20.7. The number of nitrogen functional groups attached to an aromatic ring is 1. The fourth-order valence-electron chi connectivity index (χ4n) is 3.94. The second-order valence-electron chi connectivity index (χ2n) is 7.47. The number of benzene rings is 3. The van der Waals surface area contributed by atoms with Crippen LogP contribution in [0.5, 0.6) is 11.5 Å². The summed E-state index contributed by atoms with van der Waals surface area (Å²) < 4.78 is 7.79. The first-order valence-electron chi connectivity index (χ1n) is 9.92. The first-order valence-corrected chi connectivity index (χ1v) is 10.9. The number of nitrogens with zero attached hydrogens (tertiary/aromatic N) is 1. The van der Waals surface area contributed by atoms with E-state index < -0.39 is 5.97 Å². The maximum Gasteiger partial charge on any atom is 0.352 e. The molecule has 5 aromatic rings. The zero-order valence-electron chi connectivity index (χ0n) is 16.9. The monoisotopic (exact) mass is 441 g/mol. The van der Waals surface area contributed by atoms with Gasteiger partial charge in [0.25, 0.3) is 0 Å². The van der Waals surface area contributed by atoms with Gasteiger partial charge >= 0.3 is 5.97 Å². The van der Waals surface area contributed by atoms with E-state index in [2.05, 4.69) is 0 Å². The molecule has 2 heterocycles. The number of fused-ring (bicyclic) bond motifs is 2. The van der Waals surface area contributed by atoms with Gasteiger partial charge in [0.2, 0.25) is 0 Å². The number of carboxylic acids is 1. The highest BCUT2D eigenvalue weighted by molar-refractivity contribution is 7.08. The van der Waals surface area contributed by atoms with Crippen molar-refractivity contribution in [2.75, 3.05) is 0 Å². The van der Waals surface area contributed by atoms with Crippen molar-refractivity contribution in [2.24, 2.45) is 5.73 Å². The van der Waals surface area contributed by atoms with Crippen LogP contribution in [0, 0.1) is 5.41 Å². The topological polar surface area (TPSA) is 101 Å². The molecule has 3 aromatic carbocycles. The molecule has 2 aromatic heterocycles. The quantitative estimate of drug-likeness (QED) is 0.233. The summed E-state index contributed by atoms with van der Waals surface area (Å²) in [5, 5.41) is 24.3. The number of aromatic carboxylic acids is 1. The van der Waals surface area contributed by atoms with E-state index in [-0.39, 0.29) is 11.5 Å². The first-order chi connectivity index (χ1) is 15.5. The van der Waals surface area contributed by atoms with E-state index in [4.69, 9.17) is 15.9 Å². The van der Waals surface area contributed by atoms with Gasteiger partial charge in [0, 0.05) is 28.4 Å². The smallest absolute Gasteiger partial charge is 0.352 e. The summed E-state index contributed by atoms with van der Waals surface area (Å²) in [5.74, 6) is 0.378. The zero-order chi connectivity index (χ0) is 22.2. The number of hydrogen-bond acceptors (Lipinski definition) is 4. The average Bonchev–Trinajstić information content (AvgIpc) is 3.41. The maximum absolute atomic E-state index is 12.0. The van der Waals surface area contributed by atoms with Gasteiger partial charge in [-0.15, -0.1) is 11.3 Å². The van der Waals surface area contributed by atoms with Crippen LogP contribution in [-0.2, 0) is 6.54 Å². The lowest BCUT2D eigenvalue weighted by Crippen LogP contribution is -2.12. The van der Waals surface area contributed by atoms with E-state index in [1.165, 1.54) is 0 Å². The molecule has 0 saturated carbocycles. The molecule has 0 aliphatic rings. The summed E-state index contributed by atoms with van der Waals surface area (Å²) in [7, 11) is 0. The molecule has 4 N–H and O–H groups in total. The van der Waals surface area contributed by atoms with Crippen LogP contribution >= 0.6 is 11.3 Å². The minimum Gasteiger partial charge on any atom is -0.477 e. The lowest BCUT2D eigenvalue weighted by atomic mass is 10.0. The van der Waals surface area contributed by atoms with Crippen LogP contribution in [0.15, 0.2) is 77.5 Å². The zero-order valence-corrected chi connectivity index (χ0v) is 17.7. The predicted molar refractivity (Wildman–Crippen MR) is 127 cm³/mol. The molecule has 158 valence electrons. The number of nitrogens with one attached hydrogen (secondary N) is 1. The molecular formula is C25H19N3O3S. The minimum absolute atomic E-state index is 0.0619. The van der Waals surface area contributed by atoms with E-state index in [0.29, 0.717) is 23.4 Å². The van der Waals surface area contributed by atoms with Crippen molar-refractivity contribution >= 4 is 44.8 Å². The molecule has 6 nitrogen and oxygen atoms in total. The number of ether oxygens (including phenoxy) is 1. The summed E-state index contributed by atoms with van der Waals surface area (Å²) >= 11 is 1.56. The van der Waals surface area contributed by atoms with Crippen molar-refractivity contribution < 1.29 is 14.6 Å². The summed E-state index contributed by atoms with van der Waals surface area (Å²) in [6.45, 7) is 0.327. The maximum atomic E-state index is 12.0. The molecule has 0 fully saturated rings. The standard InChI is InChI=1S/C25H19N3O3S/c26-24(27)17-6-5-16-11-23(25(29)30)28(22(16)12-17)13-18-10-20(31-19-7-8-32-14-19)9-15-3-1-2-4-21(15)18/h1-12,14H,13H2,(H3,26,27)(H,29,30). The molecule has 0 aliphatic carbocycles. The van der Waals surface area contributed by atoms with Gasteiger partial charge in [-0.1, -0.05) is 36.4 Å². The molecule has 0 spiro atoms. The van der Waals surface area contributed by atoms with Crippen LogP contribution < -0.4 is 10.5 Å². The third kappa shape index (κ3) is 3.59. The Kier molecular flexibility index (Phi) is 4.88. The largest absolute Gasteiger partial charge is 0.477 e. The number of carbonyl (C=O) groups is 1. The number of nitrogens with two attached hydrogens (primary N) is 1. The van der Waals surface area contributed by atoms with E-state index in [9.17, 15) is 9.90 Å². The lowest BCUT2D eigenvalue weighted by molar-refractivity contribution is 0.0686. The Labute approximate surface area is 187 Å². The van der Waals surface area contributed by atoms with Crippen LogP contribution in [-0.4, -0.2) is 21.5 Å². The Bertz CT molecular complexity index is 1490. The first kappa shape index (κ1) is 19.8. The summed E-state index contributed by atoms with van der Waals surface area (Å²) in [6.07, 6.45) is 0. The molecule has 0 unspecified atom stereocenters. The van der Waals surface area contributed by atoms with Crippen LogP contribution in [0.4, 0.5) is 0 Å². The Hall–Kier alpha value is -4.10. The van der Waals surface area contributed by atoms with E-state index >= 15 is 0 Å². The molecular weight excluding hydrogens is 422 g/mol. The SMILES string of the molecule is N=C(N)c1ccc2cc(C(=O)O)n(Cc3cc(Oc4ccsc4)cc4ccccc34)c2c1. The minimum atomic E-state index is -1.01. The molecule has 0 amide bonds. The lowest BCUT2D eigenvalue weighted by Gasteiger charge is -2.14. The highest BCUT2D eigenvalue weighted by Crippen LogP contribution is 2.32. The number of hydrogen-bond donors (Lipinski definition) is 3. The summed E-state index contributed by atoms with van der Waals surface area (Å²) in [4.78, 5) is 12.0. The van der Waals surface area contributed by atoms with Gasteiger partial charge in [-0.05, 0) is 52.0 Å². The van der Waals surface area contributed by atoms with Crippen LogP contribution in [0.1, 0.15) is 21.6 Å². The number of carboxylic acid groups (broad SMARTS) is 1. The van der Waals surface area contributed by atoms with Gasteiger partial charge in [0.05, 0.1) is 0 Å². The van der Waals surface area contributed by atoms with Crippen molar-refractivity contribution in [3.8, 4) is 11.5 Å². The summed E-state index contributed by atoms with van der Waals surface area (Å²) in [5.41, 5.74) is 8.04. The predicted octanol–water partition coefficient (Wildman–Crippen LogP) is 5.68. The van der Waals surface area contributed by atoms with Crippen LogP contribution in [0.2, 0.25) is 0 Å². The third-order valence-electron chi connectivity index (χ3n) is 5.41. The second kappa shape index (κ2) is 7.86. The van der Waals surface area contributed by atoms with Crippen molar-refractivity contribution in [1.82, 2.24) is 4.57 Å². The fraction of sp³-hybridized carbons (Fsp3) is 0.0400. The van der Waals surface area contributed by atoms with Gasteiger partial charge in [0.1, 0.15) is 23.0 Å². The molecule has 32 heavy (non-hydrogen) atoms. The van der Waals surface area contributed by atoms with Crippen molar-refractivity contribution in [3.63, 3.8) is 0 Å². The van der Waals surface area contributed by atoms with E-state index in [1.54, 1.807) is 40.2 Å². The number of aromatic nitrogens is 1. The van der Waals surface area contributed by atoms with Crippen molar-refractivity contribution in [1.29, 1.82) is 5.41 Å². The van der Waals surface area contributed by atoms with E-state index in [1.807, 2.05) is 53.2 Å². The molecule has 5 rings (SSSR count). The Morgan fingerprint density at radius 1 is 1.03 bits per heavy atom. The molecule has 0 radical (unpaired) electrons. The Morgan fingerprint density at radius 2 is 1.88 bits per heavy atom. The Balaban J connectivity index is 1.68. The molecule has 0 aliphatic heterocycles. The van der Waals surface area contributed by atoms with Crippen LogP contribution in [0.25, 0.3) is 21.7 Å². The van der Waals surface area contributed by atoms with Gasteiger partial charge in [0.15, 0.2) is 0 Å². The highest BCUT2D eigenvalue weighted by Gasteiger charge is 2.17. The van der Waals surface area contributed by atoms with Gasteiger partial charge < -0.3 is 20.1 Å². The van der Waals surface area contributed by atoms with Crippen LogP contribution in [0.3, 0.4) is 0 Å². The number of rotatable bonds is 6. The molecule has 0 saturated heterocycles. The third-order valence-corrected chi connectivity index (χ3v) is 6.08. The molecule has 0 bridgehead atoms. The van der Waals surface area contributed by atoms with Gasteiger partial charge in [-0.3, -0.25) is 5.41 Å². The van der Waals surface area contributed by atoms with E-state index in [0.717, 1.165) is 27.5 Å². The molecule has 0 atom stereocenters. The number of thiophene rings is 1. The highest BCUT2D eigenvalue weighted by atomic mass is 32.1. The normalized spacial score (nSPS) is 11.1. The van der Waals surface area contributed by atoms with Crippen molar-refractivity contribution in [3.05, 3.63) is 94.3 Å². The Morgan fingerprint density at radius 3 is 2.62 bits per heavy atom. The fourth-order valence-corrected chi connectivity index (χ4v) is 4.49. The molecule has 7 heteroatoms. The number of amidine groups is 1. The van der Waals surface area contributed by atoms with Crippen molar-refractivity contribution in [2.45, 2.75) is 6.54 Å². The average molecular weight is 442 g/mol. The van der Waals surface area contributed by atoms with Gasteiger partial charge in [-0.2, -0.15) is 0 Å².